The first-order valence-electron chi connectivity index (χ1n) is 15.4. The van der Waals surface area contributed by atoms with Gasteiger partial charge in [0.25, 0.3) is 0 Å². The minimum Gasteiger partial charge on any atom is -0.303 e. The van der Waals surface area contributed by atoms with Crippen molar-refractivity contribution >= 4 is 60.9 Å². The van der Waals surface area contributed by atoms with Crippen molar-refractivity contribution in [2.24, 2.45) is 0 Å². The lowest BCUT2D eigenvalue weighted by Crippen LogP contribution is -2.54. The second-order valence-corrected chi connectivity index (χ2v) is 15.3. The monoisotopic (exact) mass is 573 g/mol. The highest BCUT2D eigenvalue weighted by atomic mass is 32.1. The molecule has 0 N–H and O–H groups in total. The van der Waals surface area contributed by atoms with Gasteiger partial charge in [0, 0.05) is 16.1 Å². The average Bonchev–Trinajstić information content (AvgIpc) is 3.53. The summed E-state index contributed by atoms with van der Waals surface area (Å²) in [6, 6.07) is 41.5. The molecule has 0 saturated carbocycles. The van der Waals surface area contributed by atoms with Crippen LogP contribution >= 0.6 is 11.3 Å². The van der Waals surface area contributed by atoms with Crippen LogP contribution in [0.2, 0.25) is 0 Å². The zero-order valence-electron chi connectivity index (χ0n) is 25.8. The second kappa shape index (κ2) is 9.21. The molecule has 210 valence electrons. The Bertz CT molecular complexity index is 2040. The molecule has 0 aliphatic carbocycles. The standard InChI is InChI=1S/C40H36BNS/c1-39(2,3)27-17-14-25(15-18-27)26-16-23-33-32(24-26)30-11-9-12-34-36(30)41(33)37-31-10-7-8-13-35(31)43-38(37)42(34)29-21-19-28(20-22-29)40(4,5)6/h7-24H,1-6H3. The van der Waals surface area contributed by atoms with Gasteiger partial charge in [0.2, 0.25) is 6.71 Å². The third-order valence-corrected chi connectivity index (χ3v) is 10.6. The van der Waals surface area contributed by atoms with Crippen LogP contribution in [-0.2, 0) is 10.8 Å². The molecule has 5 aromatic carbocycles. The number of fused-ring (bicyclic) bond motifs is 7. The van der Waals surface area contributed by atoms with E-state index < -0.39 is 0 Å². The molecular formula is C40H36BNS. The third-order valence-electron chi connectivity index (χ3n) is 9.45. The molecule has 0 radical (unpaired) electrons. The molecular weight excluding hydrogens is 537 g/mol. The van der Waals surface area contributed by atoms with E-state index in [0.717, 1.165) is 0 Å². The summed E-state index contributed by atoms with van der Waals surface area (Å²) in [6.07, 6.45) is 0. The van der Waals surface area contributed by atoms with Crippen molar-refractivity contribution < 1.29 is 0 Å². The van der Waals surface area contributed by atoms with Crippen LogP contribution < -0.4 is 21.3 Å². The molecule has 0 spiro atoms. The van der Waals surface area contributed by atoms with Gasteiger partial charge in [0.05, 0.1) is 5.00 Å². The Morgan fingerprint density at radius 2 is 1.23 bits per heavy atom. The van der Waals surface area contributed by atoms with Gasteiger partial charge in [-0.05, 0) is 90.9 Å². The molecule has 0 atom stereocenters. The molecule has 0 unspecified atom stereocenters. The lowest BCUT2D eigenvalue weighted by molar-refractivity contribution is 0.590. The normalized spacial score (nSPS) is 13.7. The summed E-state index contributed by atoms with van der Waals surface area (Å²) in [4.78, 5) is 2.53. The minimum atomic E-state index is 0.120. The highest BCUT2D eigenvalue weighted by Crippen LogP contribution is 2.46. The second-order valence-electron chi connectivity index (χ2n) is 14.3. The molecule has 1 aromatic heterocycles. The fraction of sp³-hybridized carbons (Fsp3) is 0.200. The van der Waals surface area contributed by atoms with E-state index in [2.05, 4.69) is 156 Å². The van der Waals surface area contributed by atoms with E-state index in [4.69, 9.17) is 0 Å². The zero-order valence-corrected chi connectivity index (χ0v) is 26.6. The molecule has 2 aliphatic heterocycles. The van der Waals surface area contributed by atoms with Crippen molar-refractivity contribution in [3.63, 3.8) is 0 Å². The van der Waals surface area contributed by atoms with Crippen molar-refractivity contribution in [2.45, 2.75) is 52.4 Å². The van der Waals surface area contributed by atoms with Gasteiger partial charge in [-0.15, -0.1) is 11.3 Å². The first-order chi connectivity index (χ1) is 20.6. The van der Waals surface area contributed by atoms with Gasteiger partial charge in [0.1, 0.15) is 0 Å². The van der Waals surface area contributed by atoms with E-state index >= 15 is 0 Å². The maximum atomic E-state index is 2.53. The fourth-order valence-electron chi connectivity index (χ4n) is 7.10. The van der Waals surface area contributed by atoms with Crippen LogP contribution in [0.25, 0.3) is 32.3 Å². The number of anilines is 3. The summed E-state index contributed by atoms with van der Waals surface area (Å²) < 4.78 is 1.35. The van der Waals surface area contributed by atoms with Crippen molar-refractivity contribution in [2.75, 3.05) is 4.90 Å². The number of rotatable bonds is 2. The lowest BCUT2D eigenvalue weighted by Gasteiger charge is -2.34. The Balaban J connectivity index is 1.33. The summed E-state index contributed by atoms with van der Waals surface area (Å²) in [6.45, 7) is 13.9. The van der Waals surface area contributed by atoms with Crippen LogP contribution in [0, 0.1) is 0 Å². The predicted octanol–water partition coefficient (Wildman–Crippen LogP) is 9.44. The summed E-state index contributed by atoms with van der Waals surface area (Å²) in [7, 11) is 0. The molecule has 6 aromatic rings. The molecule has 43 heavy (non-hydrogen) atoms. The number of thiophene rings is 1. The van der Waals surface area contributed by atoms with Gasteiger partial charge in [-0.3, -0.25) is 0 Å². The molecule has 3 heterocycles. The van der Waals surface area contributed by atoms with Crippen molar-refractivity contribution in [1.82, 2.24) is 0 Å². The highest BCUT2D eigenvalue weighted by Gasteiger charge is 2.44. The SMILES string of the molecule is CC(C)(C)c1ccc(-c2ccc3c(c2)-c2cccc4c2B3c2c(sc3ccccc23)N4c2ccc(C(C)(C)C)cc2)cc1. The molecule has 0 amide bonds. The van der Waals surface area contributed by atoms with Crippen molar-refractivity contribution in [1.29, 1.82) is 0 Å². The van der Waals surface area contributed by atoms with Crippen LogP contribution in [0.5, 0.6) is 0 Å². The maximum Gasteiger partial charge on any atom is 0.250 e. The van der Waals surface area contributed by atoms with Crippen LogP contribution in [0.4, 0.5) is 16.4 Å². The van der Waals surface area contributed by atoms with Gasteiger partial charge in [-0.1, -0.05) is 126 Å². The van der Waals surface area contributed by atoms with Gasteiger partial charge in [-0.25, -0.2) is 0 Å². The quantitative estimate of drug-likeness (QED) is 0.186. The third kappa shape index (κ3) is 4.05. The Hall–Kier alpha value is -4.08. The highest BCUT2D eigenvalue weighted by molar-refractivity contribution is 7.26. The number of benzene rings is 5. The number of nitrogens with zero attached hydrogens (tertiary/aromatic N) is 1. The number of hydrogen-bond donors (Lipinski definition) is 0. The molecule has 1 nitrogen and oxygen atoms in total. The molecule has 0 saturated heterocycles. The van der Waals surface area contributed by atoms with Gasteiger partial charge in [0.15, 0.2) is 0 Å². The molecule has 3 heteroatoms. The first kappa shape index (κ1) is 26.5. The Morgan fingerprint density at radius 1 is 0.581 bits per heavy atom. The average molecular weight is 574 g/mol. The summed E-state index contributed by atoms with van der Waals surface area (Å²) in [5.74, 6) is 0. The molecule has 0 bridgehead atoms. The lowest BCUT2D eigenvalue weighted by atomic mass is 9.37. The molecule has 0 fully saturated rings. The Kier molecular flexibility index (Phi) is 5.69. The van der Waals surface area contributed by atoms with E-state index in [0.29, 0.717) is 0 Å². The topological polar surface area (TPSA) is 3.24 Å². The maximum absolute atomic E-state index is 2.53. The van der Waals surface area contributed by atoms with Gasteiger partial charge >= 0.3 is 0 Å². The van der Waals surface area contributed by atoms with E-state index in [1.807, 2.05) is 11.3 Å². The van der Waals surface area contributed by atoms with Crippen molar-refractivity contribution in [3.8, 4) is 22.3 Å². The largest absolute Gasteiger partial charge is 0.303 e. The molecule has 2 aliphatic rings. The van der Waals surface area contributed by atoms with E-state index in [1.165, 1.54) is 76.2 Å². The van der Waals surface area contributed by atoms with Gasteiger partial charge in [-0.2, -0.15) is 0 Å². The van der Waals surface area contributed by atoms with E-state index in [1.54, 1.807) is 0 Å². The minimum absolute atomic E-state index is 0.120. The first-order valence-corrected chi connectivity index (χ1v) is 16.2. The Labute approximate surface area is 259 Å². The van der Waals surface area contributed by atoms with Crippen LogP contribution in [0.1, 0.15) is 52.7 Å². The molecule has 8 rings (SSSR count). The van der Waals surface area contributed by atoms with E-state index in [-0.39, 0.29) is 17.5 Å². The van der Waals surface area contributed by atoms with Crippen LogP contribution in [-0.4, -0.2) is 6.71 Å². The van der Waals surface area contributed by atoms with E-state index in [9.17, 15) is 0 Å². The fourth-order valence-corrected chi connectivity index (χ4v) is 8.37. The van der Waals surface area contributed by atoms with Crippen LogP contribution in [0.3, 0.4) is 0 Å². The summed E-state index contributed by atoms with van der Waals surface area (Å²) in [5, 5.41) is 2.72. The summed E-state index contributed by atoms with van der Waals surface area (Å²) in [5.41, 5.74) is 15.1. The zero-order chi connectivity index (χ0) is 29.7. The van der Waals surface area contributed by atoms with Crippen LogP contribution in [0.15, 0.2) is 109 Å². The summed E-state index contributed by atoms with van der Waals surface area (Å²) >= 11 is 1.92. The van der Waals surface area contributed by atoms with Gasteiger partial charge < -0.3 is 4.90 Å². The smallest absolute Gasteiger partial charge is 0.250 e. The predicted molar refractivity (Wildman–Crippen MR) is 189 cm³/mol. The number of hydrogen-bond acceptors (Lipinski definition) is 2. The Morgan fingerprint density at radius 3 is 1.93 bits per heavy atom. The van der Waals surface area contributed by atoms with Crippen molar-refractivity contribution in [3.05, 3.63) is 120 Å².